The van der Waals surface area contributed by atoms with Gasteiger partial charge in [-0.05, 0) is 6.42 Å². The average Bonchev–Trinajstić information content (AvgIpc) is 2.05. The van der Waals surface area contributed by atoms with Gasteiger partial charge in [-0.15, -0.1) is 0 Å². The van der Waals surface area contributed by atoms with Crippen molar-refractivity contribution in [1.29, 1.82) is 0 Å². The highest BCUT2D eigenvalue weighted by atomic mass is 19.4. The molecule has 0 aliphatic carbocycles. The normalized spacial score (nSPS) is 21.8. The van der Waals surface area contributed by atoms with Crippen LogP contribution < -0.4 is 5.73 Å². The molecule has 2 N–H and O–H groups in total. The average molecular weight is 194 g/mol. The van der Waals surface area contributed by atoms with Crippen molar-refractivity contribution in [1.82, 2.24) is 4.90 Å². The number of nitrogens with zero attached hydrogens (tertiary/aromatic N) is 1. The van der Waals surface area contributed by atoms with E-state index in [2.05, 4.69) is 0 Å². The molecule has 1 aliphatic rings. The summed E-state index contributed by atoms with van der Waals surface area (Å²) in [6, 6.07) is -1.49. The Bertz CT molecular complexity index is 188. The standard InChI is InChI=1S/C8H13F3N2/c9-8(10,11)7(6-12)13-4-2-1-3-5-13/h1-2,7H,3-6,12H2. The van der Waals surface area contributed by atoms with E-state index < -0.39 is 12.2 Å². The van der Waals surface area contributed by atoms with E-state index in [1.54, 1.807) is 6.08 Å². The van der Waals surface area contributed by atoms with Gasteiger partial charge >= 0.3 is 6.18 Å². The highest BCUT2D eigenvalue weighted by Gasteiger charge is 2.42. The molecule has 1 atom stereocenters. The Morgan fingerprint density at radius 3 is 2.46 bits per heavy atom. The van der Waals surface area contributed by atoms with Gasteiger partial charge in [0.2, 0.25) is 0 Å². The Hall–Kier alpha value is -0.550. The minimum absolute atomic E-state index is 0.349. The van der Waals surface area contributed by atoms with Crippen molar-refractivity contribution < 1.29 is 13.2 Å². The van der Waals surface area contributed by atoms with Crippen molar-refractivity contribution in [3.8, 4) is 0 Å². The maximum absolute atomic E-state index is 12.4. The summed E-state index contributed by atoms with van der Waals surface area (Å²) in [5.74, 6) is 0. The number of nitrogens with two attached hydrogens (primary N) is 1. The molecule has 0 spiro atoms. The summed E-state index contributed by atoms with van der Waals surface area (Å²) in [6.07, 6.45) is 0.102. The molecular formula is C8H13F3N2. The number of hydrogen-bond acceptors (Lipinski definition) is 2. The largest absolute Gasteiger partial charge is 0.405 e. The molecule has 1 aliphatic heterocycles. The summed E-state index contributed by atoms with van der Waals surface area (Å²) in [4.78, 5) is 1.36. The van der Waals surface area contributed by atoms with Crippen LogP contribution in [-0.4, -0.2) is 36.8 Å². The molecule has 1 unspecified atom stereocenters. The SMILES string of the molecule is NCC(N1CC=CCC1)C(F)(F)F. The number of alkyl halides is 3. The maximum Gasteiger partial charge on any atom is 0.405 e. The number of rotatable bonds is 2. The van der Waals surface area contributed by atoms with Gasteiger partial charge in [-0.1, -0.05) is 12.2 Å². The second-order valence-corrected chi connectivity index (χ2v) is 3.05. The fourth-order valence-electron chi connectivity index (χ4n) is 1.43. The predicted molar refractivity (Wildman–Crippen MR) is 44.2 cm³/mol. The molecule has 0 saturated carbocycles. The molecule has 0 aromatic heterocycles. The molecule has 0 amide bonds. The molecule has 5 heteroatoms. The van der Waals surface area contributed by atoms with E-state index >= 15 is 0 Å². The van der Waals surface area contributed by atoms with Crippen molar-refractivity contribution in [3.05, 3.63) is 12.2 Å². The van der Waals surface area contributed by atoms with E-state index in [1.165, 1.54) is 4.90 Å². The maximum atomic E-state index is 12.4. The molecule has 0 fully saturated rings. The zero-order chi connectivity index (χ0) is 9.90. The summed E-state index contributed by atoms with van der Waals surface area (Å²) in [5.41, 5.74) is 5.10. The van der Waals surface area contributed by atoms with Gasteiger partial charge in [-0.25, -0.2) is 0 Å². The lowest BCUT2D eigenvalue weighted by Gasteiger charge is -2.32. The molecule has 0 aromatic rings. The van der Waals surface area contributed by atoms with Crippen LogP contribution in [0.1, 0.15) is 6.42 Å². The highest BCUT2D eigenvalue weighted by molar-refractivity contribution is 4.94. The van der Waals surface area contributed by atoms with Crippen LogP contribution in [0.2, 0.25) is 0 Å². The van der Waals surface area contributed by atoms with Crippen molar-refractivity contribution in [3.63, 3.8) is 0 Å². The van der Waals surface area contributed by atoms with Crippen LogP contribution in [0, 0.1) is 0 Å². The lowest BCUT2D eigenvalue weighted by molar-refractivity contribution is -0.179. The first kappa shape index (κ1) is 10.5. The molecule has 0 bridgehead atoms. The molecule has 0 radical (unpaired) electrons. The third-order valence-electron chi connectivity index (χ3n) is 2.13. The van der Waals surface area contributed by atoms with E-state index in [1.807, 2.05) is 6.08 Å². The molecular weight excluding hydrogens is 181 g/mol. The van der Waals surface area contributed by atoms with Gasteiger partial charge in [0.05, 0.1) is 0 Å². The van der Waals surface area contributed by atoms with Crippen molar-refractivity contribution >= 4 is 0 Å². The number of halogens is 3. The molecule has 13 heavy (non-hydrogen) atoms. The van der Waals surface area contributed by atoms with Crippen LogP contribution in [0.3, 0.4) is 0 Å². The van der Waals surface area contributed by atoms with E-state index in [0.717, 1.165) is 0 Å². The van der Waals surface area contributed by atoms with Crippen molar-refractivity contribution in [2.45, 2.75) is 18.6 Å². The minimum Gasteiger partial charge on any atom is -0.329 e. The van der Waals surface area contributed by atoms with Crippen LogP contribution in [0.4, 0.5) is 13.2 Å². The Kier molecular flexibility index (Phi) is 3.33. The lowest BCUT2D eigenvalue weighted by Crippen LogP contribution is -2.51. The second-order valence-electron chi connectivity index (χ2n) is 3.05. The Balaban J connectivity index is 2.60. The van der Waals surface area contributed by atoms with E-state index in [-0.39, 0.29) is 6.54 Å². The molecule has 1 heterocycles. The molecule has 0 saturated heterocycles. The van der Waals surface area contributed by atoms with Gasteiger partial charge in [0.15, 0.2) is 0 Å². The summed E-state index contributed by atoms with van der Waals surface area (Å²) >= 11 is 0. The van der Waals surface area contributed by atoms with E-state index in [9.17, 15) is 13.2 Å². The first-order valence-electron chi connectivity index (χ1n) is 4.21. The molecule has 2 nitrogen and oxygen atoms in total. The van der Waals surface area contributed by atoms with Crippen molar-refractivity contribution in [2.24, 2.45) is 5.73 Å². The van der Waals surface area contributed by atoms with Gasteiger partial charge in [0, 0.05) is 19.6 Å². The Morgan fingerprint density at radius 1 is 1.38 bits per heavy atom. The zero-order valence-electron chi connectivity index (χ0n) is 7.22. The van der Waals surface area contributed by atoms with Crippen LogP contribution in [0.25, 0.3) is 0 Å². The smallest absolute Gasteiger partial charge is 0.329 e. The molecule has 76 valence electrons. The van der Waals surface area contributed by atoms with Crippen LogP contribution >= 0.6 is 0 Å². The highest BCUT2D eigenvalue weighted by Crippen LogP contribution is 2.25. The summed E-state index contributed by atoms with van der Waals surface area (Å²) in [5, 5.41) is 0. The van der Waals surface area contributed by atoms with Crippen molar-refractivity contribution in [2.75, 3.05) is 19.6 Å². The topological polar surface area (TPSA) is 29.3 Å². The molecule has 1 rings (SSSR count). The van der Waals surface area contributed by atoms with Crippen LogP contribution in [0.5, 0.6) is 0 Å². The van der Waals surface area contributed by atoms with E-state index in [0.29, 0.717) is 19.5 Å². The number of hydrogen-bond donors (Lipinski definition) is 1. The third-order valence-corrected chi connectivity index (χ3v) is 2.13. The van der Waals surface area contributed by atoms with Gasteiger partial charge < -0.3 is 5.73 Å². The fraction of sp³-hybridized carbons (Fsp3) is 0.750. The summed E-state index contributed by atoms with van der Waals surface area (Å²) in [7, 11) is 0. The third kappa shape index (κ3) is 2.70. The zero-order valence-corrected chi connectivity index (χ0v) is 7.22. The van der Waals surface area contributed by atoms with Gasteiger partial charge in [-0.2, -0.15) is 13.2 Å². The van der Waals surface area contributed by atoms with Gasteiger partial charge in [0.1, 0.15) is 6.04 Å². The summed E-state index contributed by atoms with van der Waals surface area (Å²) < 4.78 is 37.1. The predicted octanol–water partition coefficient (Wildman–Crippen LogP) is 1.14. The monoisotopic (exact) mass is 194 g/mol. The fourth-order valence-corrected chi connectivity index (χ4v) is 1.43. The van der Waals surface area contributed by atoms with Crippen LogP contribution in [-0.2, 0) is 0 Å². The molecule has 0 aromatic carbocycles. The first-order chi connectivity index (χ1) is 6.05. The quantitative estimate of drug-likeness (QED) is 0.668. The summed E-state index contributed by atoms with van der Waals surface area (Å²) in [6.45, 7) is 0.427. The second kappa shape index (κ2) is 4.11. The first-order valence-corrected chi connectivity index (χ1v) is 4.21. The van der Waals surface area contributed by atoms with Gasteiger partial charge in [-0.3, -0.25) is 4.90 Å². The Morgan fingerprint density at radius 2 is 2.08 bits per heavy atom. The minimum atomic E-state index is -4.21. The Labute approximate surface area is 75.2 Å². The van der Waals surface area contributed by atoms with Crippen LogP contribution in [0.15, 0.2) is 12.2 Å². The van der Waals surface area contributed by atoms with Gasteiger partial charge in [0.25, 0.3) is 0 Å². The van der Waals surface area contributed by atoms with E-state index in [4.69, 9.17) is 5.73 Å². The lowest BCUT2D eigenvalue weighted by atomic mass is 10.1.